The van der Waals surface area contributed by atoms with Gasteiger partial charge in [-0.25, -0.2) is 4.39 Å². The second-order valence-electron chi connectivity index (χ2n) is 4.29. The number of amidine groups is 1. The van der Waals surface area contributed by atoms with Crippen LogP contribution in [-0.2, 0) is 6.61 Å². The summed E-state index contributed by atoms with van der Waals surface area (Å²) in [7, 11) is 1.49. The lowest BCUT2D eigenvalue weighted by Gasteiger charge is -2.12. The van der Waals surface area contributed by atoms with Crippen molar-refractivity contribution >= 4 is 17.4 Å². The summed E-state index contributed by atoms with van der Waals surface area (Å²) in [5, 5.41) is 7.65. The Kier molecular flexibility index (Phi) is 4.65. The molecule has 0 aliphatic rings. The zero-order valence-electron chi connectivity index (χ0n) is 11.3. The fraction of sp³-hybridized carbons (Fsp3) is 0.133. The highest BCUT2D eigenvalue weighted by Gasteiger charge is 2.10. The Morgan fingerprint density at radius 3 is 2.71 bits per heavy atom. The van der Waals surface area contributed by atoms with E-state index in [2.05, 4.69) is 0 Å². The molecule has 0 saturated carbocycles. The Morgan fingerprint density at radius 1 is 1.33 bits per heavy atom. The molecule has 0 aromatic heterocycles. The van der Waals surface area contributed by atoms with Gasteiger partial charge in [0.05, 0.1) is 17.7 Å². The minimum atomic E-state index is -0.519. The summed E-state index contributed by atoms with van der Waals surface area (Å²) in [4.78, 5) is 0. The van der Waals surface area contributed by atoms with E-state index < -0.39 is 5.82 Å². The molecule has 3 N–H and O–H groups in total. The predicted molar refractivity (Wildman–Crippen MR) is 79.8 cm³/mol. The lowest BCUT2D eigenvalue weighted by Crippen LogP contribution is -2.13. The van der Waals surface area contributed by atoms with Crippen LogP contribution in [0.4, 0.5) is 4.39 Å². The topological polar surface area (TPSA) is 68.3 Å². The van der Waals surface area contributed by atoms with Crippen LogP contribution in [0.2, 0.25) is 5.02 Å². The summed E-state index contributed by atoms with van der Waals surface area (Å²) in [6.45, 7) is 0.120. The van der Waals surface area contributed by atoms with Gasteiger partial charge in [0.25, 0.3) is 0 Å². The van der Waals surface area contributed by atoms with Crippen LogP contribution in [0.15, 0.2) is 36.4 Å². The van der Waals surface area contributed by atoms with Gasteiger partial charge in [0, 0.05) is 0 Å². The monoisotopic (exact) mass is 308 g/mol. The second kappa shape index (κ2) is 6.45. The van der Waals surface area contributed by atoms with Gasteiger partial charge in [0.15, 0.2) is 11.6 Å². The van der Waals surface area contributed by atoms with Crippen LogP contribution < -0.4 is 15.2 Å². The molecular weight excluding hydrogens is 295 g/mol. The van der Waals surface area contributed by atoms with E-state index in [4.69, 9.17) is 32.2 Å². The molecule has 2 aromatic rings. The number of benzene rings is 2. The molecule has 110 valence electrons. The molecule has 0 bridgehead atoms. The molecule has 0 aliphatic carbocycles. The van der Waals surface area contributed by atoms with Crippen molar-refractivity contribution in [1.82, 2.24) is 0 Å². The van der Waals surface area contributed by atoms with Crippen molar-refractivity contribution in [3.05, 3.63) is 58.4 Å². The number of nitrogen functional groups attached to an aromatic ring is 1. The molecule has 0 atom stereocenters. The van der Waals surface area contributed by atoms with Crippen LogP contribution in [-0.4, -0.2) is 12.9 Å². The van der Waals surface area contributed by atoms with Crippen molar-refractivity contribution < 1.29 is 13.9 Å². The number of methoxy groups -OCH3 is 1. The first-order chi connectivity index (χ1) is 10.0. The first-order valence-electron chi connectivity index (χ1n) is 6.11. The van der Waals surface area contributed by atoms with Gasteiger partial charge < -0.3 is 15.2 Å². The SMILES string of the molecule is COc1cc(COc2c(F)cccc2Cl)ccc1C(=N)N. The van der Waals surface area contributed by atoms with Crippen LogP contribution >= 0.6 is 11.6 Å². The molecule has 0 unspecified atom stereocenters. The number of para-hydroxylation sites is 1. The van der Waals surface area contributed by atoms with Crippen LogP contribution in [0.5, 0.6) is 11.5 Å². The van der Waals surface area contributed by atoms with Crippen LogP contribution in [0.1, 0.15) is 11.1 Å². The molecule has 0 saturated heterocycles. The standard InChI is InChI=1S/C15H14ClFN2O2/c1-20-13-7-9(5-6-10(13)15(18)19)8-21-14-11(16)3-2-4-12(14)17/h2-7H,8H2,1H3,(H3,18,19). The molecule has 6 heteroatoms. The summed E-state index contributed by atoms with van der Waals surface area (Å²) < 4.78 is 24.2. The van der Waals surface area contributed by atoms with E-state index in [0.717, 1.165) is 5.56 Å². The van der Waals surface area contributed by atoms with Gasteiger partial charge in [0.1, 0.15) is 18.2 Å². The van der Waals surface area contributed by atoms with E-state index in [1.54, 1.807) is 24.3 Å². The van der Waals surface area contributed by atoms with Gasteiger partial charge in [0.2, 0.25) is 0 Å². The fourth-order valence-corrected chi connectivity index (χ4v) is 2.04. The molecule has 2 aromatic carbocycles. The van der Waals surface area contributed by atoms with E-state index in [9.17, 15) is 4.39 Å². The molecule has 21 heavy (non-hydrogen) atoms. The van der Waals surface area contributed by atoms with Gasteiger partial charge >= 0.3 is 0 Å². The smallest absolute Gasteiger partial charge is 0.174 e. The third-order valence-corrected chi connectivity index (χ3v) is 3.16. The Balaban J connectivity index is 2.19. The number of hydrogen-bond donors (Lipinski definition) is 2. The zero-order chi connectivity index (χ0) is 15.4. The van der Waals surface area contributed by atoms with Crippen LogP contribution in [0, 0.1) is 11.2 Å². The van der Waals surface area contributed by atoms with Gasteiger partial charge in [-0.3, -0.25) is 5.41 Å². The lowest BCUT2D eigenvalue weighted by molar-refractivity contribution is 0.289. The molecule has 0 spiro atoms. The van der Waals surface area contributed by atoms with Crippen molar-refractivity contribution in [2.24, 2.45) is 5.73 Å². The molecule has 0 amide bonds. The average molecular weight is 309 g/mol. The minimum Gasteiger partial charge on any atom is -0.496 e. The molecule has 0 aliphatic heterocycles. The molecule has 0 heterocycles. The highest BCUT2D eigenvalue weighted by Crippen LogP contribution is 2.28. The highest BCUT2D eigenvalue weighted by molar-refractivity contribution is 6.32. The number of halogens is 2. The van der Waals surface area contributed by atoms with Gasteiger partial charge in [-0.1, -0.05) is 23.7 Å². The van der Waals surface area contributed by atoms with E-state index in [1.165, 1.54) is 19.2 Å². The first kappa shape index (κ1) is 15.1. The minimum absolute atomic E-state index is 0.00813. The van der Waals surface area contributed by atoms with Gasteiger partial charge in [-0.05, 0) is 29.8 Å². The summed E-state index contributed by atoms with van der Waals surface area (Å²) in [6, 6.07) is 9.41. The van der Waals surface area contributed by atoms with Gasteiger partial charge in [-0.15, -0.1) is 0 Å². The van der Waals surface area contributed by atoms with E-state index in [1.807, 2.05) is 0 Å². The van der Waals surface area contributed by atoms with Gasteiger partial charge in [-0.2, -0.15) is 0 Å². The average Bonchev–Trinajstić information content (AvgIpc) is 2.46. The van der Waals surface area contributed by atoms with Crippen LogP contribution in [0.3, 0.4) is 0 Å². The van der Waals surface area contributed by atoms with Crippen molar-refractivity contribution in [2.75, 3.05) is 7.11 Å². The molecule has 0 radical (unpaired) electrons. The van der Waals surface area contributed by atoms with Crippen molar-refractivity contribution in [1.29, 1.82) is 5.41 Å². The highest BCUT2D eigenvalue weighted by atomic mass is 35.5. The number of hydrogen-bond acceptors (Lipinski definition) is 3. The number of ether oxygens (including phenoxy) is 2. The maximum atomic E-state index is 13.6. The summed E-state index contributed by atoms with van der Waals surface area (Å²) in [6.07, 6.45) is 0. The molecular formula is C15H14ClFN2O2. The molecule has 4 nitrogen and oxygen atoms in total. The normalized spacial score (nSPS) is 10.2. The molecule has 2 rings (SSSR count). The van der Waals surface area contributed by atoms with Crippen molar-refractivity contribution in [3.8, 4) is 11.5 Å². The molecule has 0 fully saturated rings. The second-order valence-corrected chi connectivity index (χ2v) is 4.69. The van der Waals surface area contributed by atoms with E-state index >= 15 is 0 Å². The number of nitrogens with two attached hydrogens (primary N) is 1. The zero-order valence-corrected chi connectivity index (χ0v) is 12.1. The maximum absolute atomic E-state index is 13.6. The fourth-order valence-electron chi connectivity index (χ4n) is 1.82. The van der Waals surface area contributed by atoms with E-state index in [0.29, 0.717) is 11.3 Å². The third kappa shape index (κ3) is 3.44. The Morgan fingerprint density at radius 2 is 2.10 bits per heavy atom. The maximum Gasteiger partial charge on any atom is 0.174 e. The summed E-state index contributed by atoms with van der Waals surface area (Å²) >= 11 is 5.89. The number of rotatable bonds is 5. The Labute approximate surface area is 126 Å². The summed E-state index contributed by atoms with van der Waals surface area (Å²) in [5.41, 5.74) is 6.69. The first-order valence-corrected chi connectivity index (χ1v) is 6.49. The Hall–Kier alpha value is -2.27. The van der Waals surface area contributed by atoms with Crippen molar-refractivity contribution in [2.45, 2.75) is 6.61 Å². The van der Waals surface area contributed by atoms with E-state index in [-0.39, 0.29) is 23.2 Å². The van der Waals surface area contributed by atoms with Crippen LogP contribution in [0.25, 0.3) is 0 Å². The van der Waals surface area contributed by atoms with Crippen molar-refractivity contribution in [3.63, 3.8) is 0 Å². The lowest BCUT2D eigenvalue weighted by atomic mass is 10.1. The Bertz CT molecular complexity index is 656. The number of nitrogens with one attached hydrogen (secondary N) is 1. The largest absolute Gasteiger partial charge is 0.496 e. The third-order valence-electron chi connectivity index (χ3n) is 2.86. The summed E-state index contributed by atoms with van der Waals surface area (Å²) in [5.74, 6) is -0.136. The quantitative estimate of drug-likeness (QED) is 0.657. The predicted octanol–water partition coefficient (Wildman–Crippen LogP) is 3.35.